The summed E-state index contributed by atoms with van der Waals surface area (Å²) in [6, 6.07) is 11.1. The van der Waals surface area contributed by atoms with Gasteiger partial charge in [0.2, 0.25) is 0 Å². The number of hydrogen-bond donors (Lipinski definition) is 0. The van der Waals surface area contributed by atoms with E-state index in [1.807, 2.05) is 18.2 Å². The number of unbranched alkanes of at least 4 members (excludes halogenated alkanes) is 3. The molecular formula is C25H37NO2. The molecule has 0 N–H and O–H groups in total. The summed E-state index contributed by atoms with van der Waals surface area (Å²) >= 11 is 0. The van der Waals surface area contributed by atoms with Crippen molar-refractivity contribution in [3.05, 3.63) is 30.3 Å². The van der Waals surface area contributed by atoms with Crippen molar-refractivity contribution in [1.29, 1.82) is 0 Å². The number of hydrogen-bond acceptors (Lipinski definition) is 3. The van der Waals surface area contributed by atoms with Crippen molar-refractivity contribution in [2.75, 3.05) is 6.61 Å². The molecule has 28 heavy (non-hydrogen) atoms. The molecule has 1 aromatic carbocycles. The van der Waals surface area contributed by atoms with E-state index in [1.54, 1.807) is 0 Å². The van der Waals surface area contributed by atoms with Gasteiger partial charge in [-0.25, -0.2) is 0 Å². The van der Waals surface area contributed by atoms with E-state index >= 15 is 0 Å². The van der Waals surface area contributed by atoms with Crippen LogP contribution >= 0.6 is 0 Å². The molecule has 0 bridgehead atoms. The van der Waals surface area contributed by atoms with Gasteiger partial charge in [0.05, 0.1) is 0 Å². The molecule has 0 radical (unpaired) electrons. The Hall–Kier alpha value is -1.35. The molecule has 3 aliphatic rings. The number of nitrogens with zero attached hydrogens (tertiary/aromatic N) is 1. The highest BCUT2D eigenvalue weighted by atomic mass is 16.5. The summed E-state index contributed by atoms with van der Waals surface area (Å²) in [5, 5.41) is 0. The molecule has 3 fully saturated rings. The Bertz CT molecular complexity index is 645. The molecule has 154 valence electrons. The lowest BCUT2D eigenvalue weighted by Gasteiger charge is -2.55. The number of benzene rings is 1. The van der Waals surface area contributed by atoms with Crippen LogP contribution in [0.1, 0.15) is 84.0 Å². The van der Waals surface area contributed by atoms with Gasteiger partial charge < -0.3 is 4.74 Å². The quantitative estimate of drug-likeness (QED) is 0.534. The van der Waals surface area contributed by atoms with Crippen molar-refractivity contribution < 1.29 is 9.53 Å². The monoisotopic (exact) mass is 383 g/mol. The third-order valence-corrected chi connectivity index (χ3v) is 7.61. The lowest BCUT2D eigenvalue weighted by atomic mass is 9.65. The highest BCUT2D eigenvalue weighted by molar-refractivity contribution is 5.84. The van der Waals surface area contributed by atoms with Gasteiger partial charge in [-0.3, -0.25) is 9.69 Å². The summed E-state index contributed by atoms with van der Waals surface area (Å²) in [6.07, 6.45) is 14.3. The van der Waals surface area contributed by atoms with Gasteiger partial charge >= 0.3 is 0 Å². The van der Waals surface area contributed by atoms with E-state index in [-0.39, 0.29) is 11.5 Å². The van der Waals surface area contributed by atoms with Gasteiger partial charge in [0.15, 0.2) is 0 Å². The maximum Gasteiger partial charge on any atom is 0.139 e. The molecule has 0 amide bonds. The summed E-state index contributed by atoms with van der Waals surface area (Å²) in [4.78, 5) is 15.9. The molecule has 1 saturated carbocycles. The average molecular weight is 384 g/mol. The number of rotatable bonds is 8. The van der Waals surface area contributed by atoms with E-state index in [2.05, 4.69) is 24.0 Å². The SMILES string of the molecule is CCCCCC[C@@H]1CC(=O)[C@@H]2CCCC[C@@]23CC[C@H](COc2ccccc2)N13. The lowest BCUT2D eigenvalue weighted by Crippen LogP contribution is -2.64. The second kappa shape index (κ2) is 8.98. The van der Waals surface area contributed by atoms with E-state index in [4.69, 9.17) is 4.74 Å². The normalized spacial score (nSPS) is 32.8. The third-order valence-electron chi connectivity index (χ3n) is 7.61. The number of ether oxygens (including phenoxy) is 1. The predicted molar refractivity (Wildman–Crippen MR) is 114 cm³/mol. The minimum atomic E-state index is 0.147. The van der Waals surface area contributed by atoms with Gasteiger partial charge in [-0.15, -0.1) is 0 Å². The first-order valence-corrected chi connectivity index (χ1v) is 11.7. The van der Waals surface area contributed by atoms with Crippen LogP contribution in [-0.2, 0) is 4.79 Å². The Morgan fingerprint density at radius 1 is 1.04 bits per heavy atom. The van der Waals surface area contributed by atoms with Crippen LogP contribution in [0.5, 0.6) is 5.75 Å². The van der Waals surface area contributed by atoms with Crippen molar-refractivity contribution >= 4 is 5.78 Å². The largest absolute Gasteiger partial charge is 0.492 e. The molecule has 3 heteroatoms. The Morgan fingerprint density at radius 2 is 1.89 bits per heavy atom. The van der Waals surface area contributed by atoms with Gasteiger partial charge in [0, 0.05) is 30.0 Å². The van der Waals surface area contributed by atoms with Crippen LogP contribution in [0.3, 0.4) is 0 Å². The fourth-order valence-electron chi connectivity index (χ4n) is 6.40. The van der Waals surface area contributed by atoms with Crippen LogP contribution in [0, 0.1) is 5.92 Å². The van der Waals surface area contributed by atoms with Crippen LogP contribution in [0.2, 0.25) is 0 Å². The maximum atomic E-state index is 13.1. The molecule has 2 aliphatic heterocycles. The molecular weight excluding hydrogens is 346 g/mol. The topological polar surface area (TPSA) is 29.5 Å². The van der Waals surface area contributed by atoms with Crippen LogP contribution in [0.4, 0.5) is 0 Å². The second-order valence-electron chi connectivity index (χ2n) is 9.30. The van der Waals surface area contributed by atoms with Crippen molar-refractivity contribution in [3.8, 4) is 5.75 Å². The van der Waals surface area contributed by atoms with Gasteiger partial charge in [-0.2, -0.15) is 0 Å². The van der Waals surface area contributed by atoms with E-state index < -0.39 is 0 Å². The lowest BCUT2D eigenvalue weighted by molar-refractivity contribution is -0.143. The first-order chi connectivity index (χ1) is 13.7. The average Bonchev–Trinajstić information content (AvgIpc) is 3.09. The molecule has 4 rings (SSSR count). The smallest absolute Gasteiger partial charge is 0.139 e. The standard InChI is InChI=1S/C25H37NO2/c1-2-3-4-6-11-20-18-24(27)23-14-9-10-16-25(23)17-15-21(26(20)25)19-28-22-12-7-5-8-13-22/h5,7-8,12-13,20-21,23H,2-4,6,9-11,14-19H2,1H3/t20-,21-,23+,25-/m1/s1. The first kappa shape index (κ1) is 19.9. The zero-order valence-corrected chi connectivity index (χ0v) is 17.6. The molecule has 2 saturated heterocycles. The number of Topliss-reactive ketones (excluding diaryl/α,β-unsaturated/α-hetero) is 1. The molecule has 3 nitrogen and oxygen atoms in total. The fraction of sp³-hybridized carbons (Fsp3) is 0.720. The molecule has 0 unspecified atom stereocenters. The van der Waals surface area contributed by atoms with Gasteiger partial charge in [-0.1, -0.05) is 63.6 Å². The van der Waals surface area contributed by atoms with Crippen molar-refractivity contribution in [2.24, 2.45) is 5.92 Å². The fourth-order valence-corrected chi connectivity index (χ4v) is 6.40. The highest BCUT2D eigenvalue weighted by Crippen LogP contribution is 2.53. The summed E-state index contributed by atoms with van der Waals surface area (Å²) in [6.45, 7) is 3.03. The van der Waals surface area contributed by atoms with Gasteiger partial charge in [0.1, 0.15) is 18.1 Å². The maximum absolute atomic E-state index is 13.1. The molecule has 0 aromatic heterocycles. The summed E-state index contributed by atoms with van der Waals surface area (Å²) in [5.41, 5.74) is 0.147. The van der Waals surface area contributed by atoms with Gasteiger partial charge in [0.25, 0.3) is 0 Å². The van der Waals surface area contributed by atoms with Crippen LogP contribution < -0.4 is 4.74 Å². The van der Waals surface area contributed by atoms with E-state index in [1.165, 1.54) is 64.2 Å². The van der Waals surface area contributed by atoms with Crippen LogP contribution in [0.15, 0.2) is 30.3 Å². The van der Waals surface area contributed by atoms with Crippen molar-refractivity contribution in [2.45, 2.75) is 102 Å². The molecule has 1 spiro atoms. The van der Waals surface area contributed by atoms with Gasteiger partial charge in [-0.05, 0) is 44.2 Å². The predicted octanol–water partition coefficient (Wildman–Crippen LogP) is 5.77. The summed E-state index contributed by atoms with van der Waals surface area (Å²) < 4.78 is 6.21. The van der Waals surface area contributed by atoms with E-state index in [0.717, 1.165) is 25.2 Å². The molecule has 4 atom stereocenters. The third kappa shape index (κ3) is 3.87. The Labute approximate surface area is 170 Å². The second-order valence-corrected chi connectivity index (χ2v) is 9.30. The van der Waals surface area contributed by atoms with E-state index in [9.17, 15) is 4.79 Å². The zero-order chi connectivity index (χ0) is 19.4. The number of carbonyl (C=O) groups is 1. The number of para-hydroxylation sites is 1. The Morgan fingerprint density at radius 3 is 2.71 bits per heavy atom. The van der Waals surface area contributed by atoms with Crippen molar-refractivity contribution in [1.82, 2.24) is 4.90 Å². The minimum absolute atomic E-state index is 0.147. The summed E-state index contributed by atoms with van der Waals surface area (Å²) in [7, 11) is 0. The first-order valence-electron chi connectivity index (χ1n) is 11.7. The number of ketones is 1. The highest BCUT2D eigenvalue weighted by Gasteiger charge is 2.58. The Balaban J connectivity index is 1.50. The van der Waals surface area contributed by atoms with Crippen LogP contribution in [-0.4, -0.2) is 34.9 Å². The Kier molecular flexibility index (Phi) is 6.40. The number of carbonyl (C=O) groups excluding carboxylic acids is 1. The molecule has 1 aliphatic carbocycles. The molecule has 2 heterocycles. The summed E-state index contributed by atoms with van der Waals surface area (Å²) in [5.74, 6) is 1.83. The zero-order valence-electron chi connectivity index (χ0n) is 17.6. The molecule has 1 aromatic rings. The van der Waals surface area contributed by atoms with Crippen LogP contribution in [0.25, 0.3) is 0 Å². The van der Waals surface area contributed by atoms with E-state index in [0.29, 0.717) is 17.9 Å². The minimum Gasteiger partial charge on any atom is -0.492 e. The van der Waals surface area contributed by atoms with Crippen molar-refractivity contribution in [3.63, 3.8) is 0 Å². The number of piperidine rings is 1.